The van der Waals surface area contributed by atoms with Crippen LogP contribution >= 0.6 is 15.9 Å². The maximum absolute atomic E-state index is 12.0. The third-order valence-electron chi connectivity index (χ3n) is 3.10. The molecule has 0 radical (unpaired) electrons. The van der Waals surface area contributed by atoms with Crippen molar-refractivity contribution in [1.29, 1.82) is 0 Å². The molecule has 0 unspecified atom stereocenters. The zero-order valence-corrected chi connectivity index (χ0v) is 13.1. The number of halogens is 1. The summed E-state index contributed by atoms with van der Waals surface area (Å²) < 4.78 is 0.563. The minimum absolute atomic E-state index is 0.127. The molecule has 0 saturated carbocycles. The summed E-state index contributed by atoms with van der Waals surface area (Å²) in [6, 6.07) is 11.8. The molecule has 0 fully saturated rings. The minimum atomic E-state index is -0.127. The Hall–Kier alpha value is -1.68. The summed E-state index contributed by atoms with van der Waals surface area (Å²) >= 11 is 3.28. The summed E-state index contributed by atoms with van der Waals surface area (Å²) in [5, 5.41) is 2.90. The van der Waals surface area contributed by atoms with Gasteiger partial charge in [0, 0.05) is 12.7 Å². The summed E-state index contributed by atoms with van der Waals surface area (Å²) in [4.78, 5) is 16.1. The number of carbonyl (C=O) groups excluding carboxylic acids is 1. The smallest absolute Gasteiger partial charge is 0.254 e. The molecule has 0 aliphatic rings. The second kappa shape index (κ2) is 6.66. The van der Waals surface area contributed by atoms with Gasteiger partial charge in [-0.3, -0.25) is 4.79 Å². The van der Waals surface area contributed by atoms with Crippen molar-refractivity contribution in [3.8, 4) is 0 Å². The van der Waals surface area contributed by atoms with E-state index < -0.39 is 0 Å². The predicted octanol–water partition coefficient (Wildman–Crippen LogP) is 3.90. The Morgan fingerprint density at radius 2 is 1.95 bits per heavy atom. The predicted molar refractivity (Wildman–Crippen MR) is 83.6 cm³/mol. The number of amides is 1. The summed E-state index contributed by atoms with van der Waals surface area (Å²) in [5.74, 6) is 0.392. The standard InChI is InChI=1S/C16H17BrN2O/c1-11(2)13-7-5-12(6-8-13)10-19-16(20)14-4-3-9-18-15(14)17/h3-9,11H,10H2,1-2H3,(H,19,20). The highest BCUT2D eigenvalue weighted by atomic mass is 79.9. The summed E-state index contributed by atoms with van der Waals surface area (Å²) in [5.41, 5.74) is 2.93. The van der Waals surface area contributed by atoms with Crippen molar-refractivity contribution in [1.82, 2.24) is 10.3 Å². The number of rotatable bonds is 4. The average molecular weight is 333 g/mol. The quantitative estimate of drug-likeness (QED) is 0.863. The Morgan fingerprint density at radius 1 is 1.25 bits per heavy atom. The summed E-state index contributed by atoms with van der Waals surface area (Å²) in [7, 11) is 0. The van der Waals surface area contributed by atoms with Crippen molar-refractivity contribution in [2.45, 2.75) is 26.3 Å². The maximum Gasteiger partial charge on any atom is 0.254 e. The van der Waals surface area contributed by atoms with Gasteiger partial charge >= 0.3 is 0 Å². The van der Waals surface area contributed by atoms with Crippen molar-refractivity contribution in [3.05, 3.63) is 63.9 Å². The number of carbonyl (C=O) groups is 1. The van der Waals surface area contributed by atoms with E-state index in [9.17, 15) is 4.79 Å². The Labute approximate surface area is 127 Å². The van der Waals surface area contributed by atoms with Crippen LogP contribution in [0, 0.1) is 0 Å². The fourth-order valence-electron chi connectivity index (χ4n) is 1.85. The van der Waals surface area contributed by atoms with Crippen molar-refractivity contribution >= 4 is 21.8 Å². The first-order chi connectivity index (χ1) is 9.58. The van der Waals surface area contributed by atoms with E-state index in [2.05, 4.69) is 52.2 Å². The zero-order valence-electron chi connectivity index (χ0n) is 11.6. The normalized spacial score (nSPS) is 10.6. The number of nitrogens with one attached hydrogen (secondary N) is 1. The molecule has 0 spiro atoms. The monoisotopic (exact) mass is 332 g/mol. The van der Waals surface area contributed by atoms with Crippen LogP contribution in [-0.4, -0.2) is 10.9 Å². The van der Waals surface area contributed by atoms with Gasteiger partial charge in [-0.1, -0.05) is 38.1 Å². The van der Waals surface area contributed by atoms with E-state index in [1.165, 1.54) is 5.56 Å². The average Bonchev–Trinajstić information content (AvgIpc) is 2.45. The molecule has 20 heavy (non-hydrogen) atoms. The van der Waals surface area contributed by atoms with Crippen LogP contribution in [0.1, 0.15) is 41.3 Å². The number of hydrogen-bond acceptors (Lipinski definition) is 2. The van der Waals surface area contributed by atoms with Crippen molar-refractivity contribution in [2.75, 3.05) is 0 Å². The fourth-order valence-corrected chi connectivity index (χ4v) is 2.28. The van der Waals surface area contributed by atoms with Crippen molar-refractivity contribution in [2.24, 2.45) is 0 Å². The van der Waals surface area contributed by atoms with Crippen LogP contribution in [0.2, 0.25) is 0 Å². The third kappa shape index (κ3) is 3.67. The Bertz CT molecular complexity index is 594. The van der Waals surface area contributed by atoms with Crippen LogP contribution in [0.3, 0.4) is 0 Å². The molecule has 1 amide bonds. The molecule has 0 aliphatic carbocycles. The molecule has 4 heteroatoms. The Balaban J connectivity index is 1.98. The van der Waals surface area contributed by atoms with E-state index in [-0.39, 0.29) is 5.91 Å². The highest BCUT2D eigenvalue weighted by Gasteiger charge is 2.09. The molecule has 0 bridgehead atoms. The molecule has 1 aromatic heterocycles. The van der Waals surface area contributed by atoms with Gasteiger partial charge in [-0.25, -0.2) is 4.98 Å². The van der Waals surface area contributed by atoms with E-state index in [4.69, 9.17) is 0 Å². The second-order valence-electron chi connectivity index (χ2n) is 4.92. The van der Waals surface area contributed by atoms with Gasteiger partial charge in [0.25, 0.3) is 5.91 Å². The van der Waals surface area contributed by atoms with Crippen LogP contribution in [0.25, 0.3) is 0 Å². The number of hydrogen-bond donors (Lipinski definition) is 1. The molecule has 2 rings (SSSR count). The Morgan fingerprint density at radius 3 is 2.55 bits per heavy atom. The van der Waals surface area contributed by atoms with Gasteiger partial charge in [0.2, 0.25) is 0 Å². The topological polar surface area (TPSA) is 42.0 Å². The molecule has 104 valence electrons. The molecule has 0 atom stereocenters. The van der Waals surface area contributed by atoms with Gasteiger partial charge < -0.3 is 5.32 Å². The number of pyridine rings is 1. The van der Waals surface area contributed by atoms with Gasteiger partial charge in [-0.2, -0.15) is 0 Å². The molecular formula is C16H17BrN2O. The zero-order chi connectivity index (χ0) is 14.5. The lowest BCUT2D eigenvalue weighted by molar-refractivity contribution is 0.0949. The second-order valence-corrected chi connectivity index (χ2v) is 5.67. The van der Waals surface area contributed by atoms with Crippen LogP contribution in [-0.2, 0) is 6.54 Å². The van der Waals surface area contributed by atoms with Crippen LogP contribution in [0.4, 0.5) is 0 Å². The van der Waals surface area contributed by atoms with E-state index >= 15 is 0 Å². The molecule has 3 nitrogen and oxygen atoms in total. The van der Waals surface area contributed by atoms with Gasteiger partial charge in [-0.05, 0) is 45.1 Å². The highest BCUT2D eigenvalue weighted by Crippen LogP contribution is 2.15. The van der Waals surface area contributed by atoms with E-state index in [1.54, 1.807) is 18.3 Å². The lowest BCUT2D eigenvalue weighted by Gasteiger charge is -2.08. The molecule has 1 N–H and O–H groups in total. The molecule has 1 aromatic carbocycles. The summed E-state index contributed by atoms with van der Waals surface area (Å²) in [6.45, 7) is 4.84. The van der Waals surface area contributed by atoms with Gasteiger partial charge in [0.15, 0.2) is 0 Å². The third-order valence-corrected chi connectivity index (χ3v) is 3.74. The molecule has 1 heterocycles. The first-order valence-corrected chi connectivity index (χ1v) is 7.35. The van der Waals surface area contributed by atoms with Crippen LogP contribution in [0.15, 0.2) is 47.2 Å². The van der Waals surface area contributed by atoms with Gasteiger partial charge in [0.05, 0.1) is 5.56 Å². The number of nitrogens with zero attached hydrogens (tertiary/aromatic N) is 1. The van der Waals surface area contributed by atoms with Crippen molar-refractivity contribution in [3.63, 3.8) is 0 Å². The Kier molecular flexibility index (Phi) is 4.90. The van der Waals surface area contributed by atoms with E-state index in [1.807, 2.05) is 12.1 Å². The molecular weight excluding hydrogens is 316 g/mol. The van der Waals surface area contributed by atoms with Crippen LogP contribution < -0.4 is 5.32 Å². The molecule has 0 saturated heterocycles. The van der Waals surface area contributed by atoms with E-state index in [0.29, 0.717) is 22.6 Å². The van der Waals surface area contributed by atoms with Gasteiger partial charge in [-0.15, -0.1) is 0 Å². The van der Waals surface area contributed by atoms with Crippen molar-refractivity contribution < 1.29 is 4.79 Å². The maximum atomic E-state index is 12.0. The number of benzene rings is 1. The first kappa shape index (κ1) is 14.7. The van der Waals surface area contributed by atoms with E-state index in [0.717, 1.165) is 5.56 Å². The lowest BCUT2D eigenvalue weighted by atomic mass is 10.0. The van der Waals surface area contributed by atoms with Gasteiger partial charge in [0.1, 0.15) is 4.60 Å². The molecule has 0 aliphatic heterocycles. The number of aromatic nitrogens is 1. The molecule has 2 aromatic rings. The summed E-state index contributed by atoms with van der Waals surface area (Å²) in [6.07, 6.45) is 1.64. The lowest BCUT2D eigenvalue weighted by Crippen LogP contribution is -2.23. The fraction of sp³-hybridized carbons (Fsp3) is 0.250. The van der Waals surface area contributed by atoms with Crippen LogP contribution in [0.5, 0.6) is 0 Å². The minimum Gasteiger partial charge on any atom is -0.348 e. The SMILES string of the molecule is CC(C)c1ccc(CNC(=O)c2cccnc2Br)cc1. The first-order valence-electron chi connectivity index (χ1n) is 6.55. The highest BCUT2D eigenvalue weighted by molar-refractivity contribution is 9.10. The largest absolute Gasteiger partial charge is 0.348 e.